The molecule has 1 unspecified atom stereocenters. The van der Waals surface area contributed by atoms with Gasteiger partial charge in [-0.3, -0.25) is 14.4 Å². The second-order valence-corrected chi connectivity index (χ2v) is 15.3. The first-order chi connectivity index (χ1) is 27.0. The number of esters is 3. The van der Waals surface area contributed by atoms with Gasteiger partial charge in [-0.05, 0) is 70.6 Å². The minimum absolute atomic E-state index is 0.0929. The third-order valence-electron chi connectivity index (χ3n) is 9.82. The molecule has 0 heterocycles. The zero-order chi connectivity index (χ0) is 40.1. The van der Waals surface area contributed by atoms with Gasteiger partial charge < -0.3 is 14.2 Å². The highest BCUT2D eigenvalue weighted by Crippen LogP contribution is 2.14. The summed E-state index contributed by atoms with van der Waals surface area (Å²) in [5.41, 5.74) is 0. The van der Waals surface area contributed by atoms with Crippen LogP contribution in [0.15, 0.2) is 48.6 Å². The minimum Gasteiger partial charge on any atom is -0.462 e. The molecule has 0 aromatic heterocycles. The molecule has 318 valence electrons. The largest absolute Gasteiger partial charge is 0.462 e. The Kier molecular flexibility index (Phi) is 42.0. The van der Waals surface area contributed by atoms with Crippen LogP contribution in [0.25, 0.3) is 0 Å². The summed E-state index contributed by atoms with van der Waals surface area (Å²) in [6, 6.07) is 0. The Labute approximate surface area is 339 Å². The summed E-state index contributed by atoms with van der Waals surface area (Å²) in [5.74, 6) is -0.953. The first-order valence-corrected chi connectivity index (χ1v) is 23.1. The molecular formula is C49H86O6. The molecule has 0 bridgehead atoms. The zero-order valence-electron chi connectivity index (χ0n) is 36.2. The van der Waals surface area contributed by atoms with Gasteiger partial charge in [0.15, 0.2) is 6.10 Å². The van der Waals surface area contributed by atoms with E-state index in [2.05, 4.69) is 69.4 Å². The monoisotopic (exact) mass is 771 g/mol. The van der Waals surface area contributed by atoms with Crippen molar-refractivity contribution in [2.45, 2.75) is 232 Å². The van der Waals surface area contributed by atoms with Crippen LogP contribution in [0.2, 0.25) is 0 Å². The highest BCUT2D eigenvalue weighted by molar-refractivity contribution is 5.71. The maximum Gasteiger partial charge on any atom is 0.306 e. The van der Waals surface area contributed by atoms with Gasteiger partial charge in [-0.1, -0.05) is 185 Å². The van der Waals surface area contributed by atoms with E-state index in [1.165, 1.54) is 116 Å². The summed E-state index contributed by atoms with van der Waals surface area (Å²) in [6.07, 6.45) is 51.0. The Morgan fingerprint density at radius 3 is 1.20 bits per heavy atom. The molecular weight excluding hydrogens is 685 g/mol. The van der Waals surface area contributed by atoms with Gasteiger partial charge in [-0.15, -0.1) is 0 Å². The predicted octanol–water partition coefficient (Wildman–Crippen LogP) is 14.8. The maximum atomic E-state index is 12.7. The fourth-order valence-corrected chi connectivity index (χ4v) is 6.34. The number of carbonyl (C=O) groups excluding carboxylic acids is 3. The first kappa shape index (κ1) is 52.4. The Morgan fingerprint density at radius 2 is 0.727 bits per heavy atom. The smallest absolute Gasteiger partial charge is 0.306 e. The van der Waals surface area contributed by atoms with E-state index in [1.807, 2.05) is 0 Å². The van der Waals surface area contributed by atoms with Crippen LogP contribution in [0.1, 0.15) is 226 Å². The Hall–Kier alpha value is -2.63. The standard InChI is InChI=1S/C49H86O6/c1-4-7-10-13-16-19-22-23-24-25-28-30-33-36-39-42-48(51)54-45-46(55-49(52)43-40-37-34-31-27-21-18-15-12-9-6-3)44-53-47(50)41-38-35-32-29-26-20-17-14-11-8-5-2/h9,12,18-19,21-22,31,34,46H,4-8,10-11,13-17,20,23-30,32-33,35-45H2,1-3H3/b12-9-,21-18-,22-19-,34-31-. The third-order valence-corrected chi connectivity index (χ3v) is 9.82. The average molecular weight is 771 g/mol. The van der Waals surface area contributed by atoms with Crippen LogP contribution in [0.4, 0.5) is 0 Å². The summed E-state index contributed by atoms with van der Waals surface area (Å²) in [6.45, 7) is 6.44. The van der Waals surface area contributed by atoms with E-state index in [9.17, 15) is 14.4 Å². The lowest BCUT2D eigenvalue weighted by atomic mass is 10.1. The number of carbonyl (C=O) groups is 3. The van der Waals surface area contributed by atoms with Gasteiger partial charge in [-0.25, -0.2) is 0 Å². The van der Waals surface area contributed by atoms with E-state index < -0.39 is 6.10 Å². The number of unbranched alkanes of at least 4 members (excludes halogenated alkanes) is 22. The van der Waals surface area contributed by atoms with E-state index in [1.54, 1.807) is 0 Å². The van der Waals surface area contributed by atoms with Crippen molar-refractivity contribution in [1.82, 2.24) is 0 Å². The van der Waals surface area contributed by atoms with Gasteiger partial charge in [0.1, 0.15) is 13.2 Å². The highest BCUT2D eigenvalue weighted by Gasteiger charge is 2.19. The molecule has 1 atom stereocenters. The molecule has 0 fully saturated rings. The molecule has 0 amide bonds. The Balaban J connectivity index is 4.40. The molecule has 0 saturated heterocycles. The summed E-state index contributed by atoms with van der Waals surface area (Å²) in [5, 5.41) is 0. The van der Waals surface area contributed by atoms with E-state index in [0.717, 1.165) is 64.2 Å². The Morgan fingerprint density at radius 1 is 0.382 bits per heavy atom. The fraction of sp³-hybridized carbons (Fsp3) is 0.776. The SMILES string of the molecule is CC/C=C\C/C=C\C/C=C\CCCC(=O)OC(COC(=O)CCCCCCCCC/C=C\CCCCCC)COC(=O)CCCCCCCCCCCCC. The van der Waals surface area contributed by atoms with E-state index in [4.69, 9.17) is 14.2 Å². The van der Waals surface area contributed by atoms with Crippen LogP contribution >= 0.6 is 0 Å². The van der Waals surface area contributed by atoms with Crippen molar-refractivity contribution in [2.24, 2.45) is 0 Å². The van der Waals surface area contributed by atoms with Crippen molar-refractivity contribution in [3.63, 3.8) is 0 Å². The van der Waals surface area contributed by atoms with Crippen molar-refractivity contribution in [1.29, 1.82) is 0 Å². The van der Waals surface area contributed by atoms with Gasteiger partial charge in [0.25, 0.3) is 0 Å². The molecule has 0 saturated carbocycles. The maximum absolute atomic E-state index is 12.7. The lowest BCUT2D eigenvalue weighted by molar-refractivity contribution is -0.167. The quantitative estimate of drug-likeness (QED) is 0.0267. The molecule has 6 heteroatoms. The lowest BCUT2D eigenvalue weighted by Crippen LogP contribution is -2.30. The normalized spacial score (nSPS) is 12.4. The van der Waals surface area contributed by atoms with Crippen LogP contribution in [-0.4, -0.2) is 37.2 Å². The van der Waals surface area contributed by atoms with Crippen LogP contribution in [-0.2, 0) is 28.6 Å². The van der Waals surface area contributed by atoms with Gasteiger partial charge in [0.2, 0.25) is 0 Å². The van der Waals surface area contributed by atoms with Crippen LogP contribution in [0, 0.1) is 0 Å². The average Bonchev–Trinajstić information content (AvgIpc) is 3.18. The molecule has 0 aliphatic carbocycles. The molecule has 0 spiro atoms. The molecule has 0 aliphatic rings. The number of ether oxygens (including phenoxy) is 3. The summed E-state index contributed by atoms with van der Waals surface area (Å²) >= 11 is 0. The minimum atomic E-state index is -0.795. The van der Waals surface area contributed by atoms with Gasteiger partial charge in [0, 0.05) is 19.3 Å². The number of allylic oxidation sites excluding steroid dienone is 8. The first-order valence-electron chi connectivity index (χ1n) is 23.1. The molecule has 6 nitrogen and oxygen atoms in total. The highest BCUT2D eigenvalue weighted by atomic mass is 16.6. The fourth-order valence-electron chi connectivity index (χ4n) is 6.34. The van der Waals surface area contributed by atoms with Crippen molar-refractivity contribution >= 4 is 17.9 Å². The molecule has 55 heavy (non-hydrogen) atoms. The number of rotatable bonds is 41. The lowest BCUT2D eigenvalue weighted by Gasteiger charge is -2.18. The molecule has 0 N–H and O–H groups in total. The van der Waals surface area contributed by atoms with Crippen molar-refractivity contribution in [3.8, 4) is 0 Å². The van der Waals surface area contributed by atoms with Crippen molar-refractivity contribution in [2.75, 3.05) is 13.2 Å². The second kappa shape index (κ2) is 44.1. The Bertz CT molecular complexity index is 980. The molecule has 0 aromatic carbocycles. The van der Waals surface area contributed by atoms with E-state index in [0.29, 0.717) is 19.3 Å². The molecule has 0 radical (unpaired) electrons. The molecule has 0 aromatic rings. The number of hydrogen-bond acceptors (Lipinski definition) is 6. The summed E-state index contributed by atoms with van der Waals surface area (Å²) in [4.78, 5) is 37.7. The summed E-state index contributed by atoms with van der Waals surface area (Å²) < 4.78 is 16.6. The topological polar surface area (TPSA) is 78.9 Å². The number of hydrogen-bond donors (Lipinski definition) is 0. The molecule has 0 aliphatic heterocycles. The second-order valence-electron chi connectivity index (χ2n) is 15.3. The van der Waals surface area contributed by atoms with Crippen LogP contribution < -0.4 is 0 Å². The van der Waals surface area contributed by atoms with Crippen LogP contribution in [0.5, 0.6) is 0 Å². The third kappa shape index (κ3) is 42.4. The van der Waals surface area contributed by atoms with E-state index >= 15 is 0 Å². The van der Waals surface area contributed by atoms with E-state index in [-0.39, 0.29) is 37.5 Å². The van der Waals surface area contributed by atoms with Gasteiger partial charge in [-0.2, -0.15) is 0 Å². The van der Waals surface area contributed by atoms with Crippen LogP contribution in [0.3, 0.4) is 0 Å². The molecule has 0 rings (SSSR count). The summed E-state index contributed by atoms with van der Waals surface area (Å²) in [7, 11) is 0. The van der Waals surface area contributed by atoms with Crippen molar-refractivity contribution < 1.29 is 28.6 Å². The zero-order valence-corrected chi connectivity index (χ0v) is 36.2. The van der Waals surface area contributed by atoms with Gasteiger partial charge in [0.05, 0.1) is 0 Å². The van der Waals surface area contributed by atoms with Crippen molar-refractivity contribution in [3.05, 3.63) is 48.6 Å². The van der Waals surface area contributed by atoms with Gasteiger partial charge >= 0.3 is 17.9 Å². The predicted molar refractivity (Wildman–Crippen MR) is 233 cm³/mol.